The summed E-state index contributed by atoms with van der Waals surface area (Å²) < 4.78 is 2.03. The summed E-state index contributed by atoms with van der Waals surface area (Å²) in [4.78, 5) is 21.7. The van der Waals surface area contributed by atoms with Gasteiger partial charge in [-0.3, -0.25) is 4.79 Å². The van der Waals surface area contributed by atoms with Gasteiger partial charge in [0.05, 0.1) is 0 Å². The van der Waals surface area contributed by atoms with Crippen LogP contribution in [0.4, 0.5) is 11.6 Å². The smallest absolute Gasteiger partial charge is 0.253 e. The Balaban J connectivity index is 1.16. The zero-order chi connectivity index (χ0) is 21.9. The Kier molecular flexibility index (Phi) is 5.77. The maximum atomic E-state index is 12.9. The molecule has 4 heterocycles. The lowest BCUT2D eigenvalue weighted by atomic mass is 10.1. The van der Waals surface area contributed by atoms with Crippen LogP contribution in [0.25, 0.3) is 5.69 Å². The molecule has 1 aromatic carbocycles. The summed E-state index contributed by atoms with van der Waals surface area (Å²) in [6.45, 7) is 6.95. The van der Waals surface area contributed by atoms with Crippen molar-refractivity contribution in [1.29, 1.82) is 0 Å². The van der Waals surface area contributed by atoms with Crippen molar-refractivity contribution in [1.82, 2.24) is 24.6 Å². The van der Waals surface area contributed by atoms with E-state index in [0.29, 0.717) is 13.1 Å². The molecule has 2 aliphatic heterocycles. The Morgan fingerprint density at radius 2 is 1.25 bits per heavy atom. The van der Waals surface area contributed by atoms with E-state index in [-0.39, 0.29) is 5.91 Å². The lowest BCUT2D eigenvalue weighted by molar-refractivity contribution is 0.0746. The molecule has 8 nitrogen and oxygen atoms in total. The molecule has 3 aromatic rings. The Morgan fingerprint density at radius 1 is 0.719 bits per heavy atom. The molecule has 0 saturated carbocycles. The molecule has 2 aromatic heterocycles. The second kappa shape index (κ2) is 9.00. The Morgan fingerprint density at radius 3 is 1.78 bits per heavy atom. The Labute approximate surface area is 188 Å². The van der Waals surface area contributed by atoms with E-state index in [2.05, 4.69) is 44.1 Å². The number of nitrogens with zero attached hydrogens (tertiary/aromatic N) is 7. The van der Waals surface area contributed by atoms with Crippen LogP contribution < -0.4 is 9.80 Å². The van der Waals surface area contributed by atoms with Crippen molar-refractivity contribution in [3.05, 3.63) is 66.5 Å². The maximum absolute atomic E-state index is 12.9. The van der Waals surface area contributed by atoms with E-state index in [0.717, 1.165) is 62.2 Å². The predicted molar refractivity (Wildman–Crippen MR) is 126 cm³/mol. The van der Waals surface area contributed by atoms with Gasteiger partial charge in [0.25, 0.3) is 5.91 Å². The fourth-order valence-electron chi connectivity index (χ4n) is 4.30. The van der Waals surface area contributed by atoms with E-state index in [1.165, 1.54) is 0 Å². The summed E-state index contributed by atoms with van der Waals surface area (Å²) in [7, 11) is 2.15. The second-order valence-corrected chi connectivity index (χ2v) is 8.46. The molecule has 2 saturated heterocycles. The Hall–Kier alpha value is -3.39. The van der Waals surface area contributed by atoms with Gasteiger partial charge in [0, 0.05) is 76.0 Å². The van der Waals surface area contributed by atoms with Gasteiger partial charge >= 0.3 is 0 Å². The lowest BCUT2D eigenvalue weighted by Crippen LogP contribution is -2.49. The highest BCUT2D eigenvalue weighted by Crippen LogP contribution is 2.19. The normalized spacial score (nSPS) is 17.6. The van der Waals surface area contributed by atoms with Crippen LogP contribution in [0.3, 0.4) is 0 Å². The van der Waals surface area contributed by atoms with Crippen molar-refractivity contribution in [3.8, 4) is 5.69 Å². The van der Waals surface area contributed by atoms with Gasteiger partial charge in [-0.1, -0.05) is 0 Å². The molecule has 32 heavy (non-hydrogen) atoms. The number of aromatic nitrogens is 3. The summed E-state index contributed by atoms with van der Waals surface area (Å²) in [6, 6.07) is 15.9. The quantitative estimate of drug-likeness (QED) is 0.630. The van der Waals surface area contributed by atoms with Gasteiger partial charge in [-0.05, 0) is 55.6 Å². The predicted octanol–water partition coefficient (Wildman–Crippen LogP) is 1.98. The minimum Gasteiger partial charge on any atom is -0.353 e. The van der Waals surface area contributed by atoms with Gasteiger partial charge in [0.15, 0.2) is 11.6 Å². The average molecular weight is 432 g/mol. The number of hydrogen-bond acceptors (Lipinski definition) is 6. The topological polar surface area (TPSA) is 60.7 Å². The standard InChI is InChI=1S/C24H29N7O/c1-27-12-14-29(15-13-27)22-8-9-23(26-25-22)30-16-18-31(19-17-30)24(32)20-4-6-21(7-5-20)28-10-2-3-11-28/h2-11H,12-19H2,1H3. The summed E-state index contributed by atoms with van der Waals surface area (Å²) in [5, 5.41) is 8.94. The van der Waals surface area contributed by atoms with Gasteiger partial charge in [-0.15, -0.1) is 10.2 Å². The summed E-state index contributed by atoms with van der Waals surface area (Å²) in [5.41, 5.74) is 1.78. The molecule has 166 valence electrons. The number of likely N-dealkylation sites (N-methyl/N-ethyl adjacent to an activating group) is 1. The van der Waals surface area contributed by atoms with Crippen molar-refractivity contribution >= 4 is 17.5 Å². The molecular weight excluding hydrogens is 402 g/mol. The molecule has 0 bridgehead atoms. The van der Waals surface area contributed by atoms with Gasteiger partial charge in [0.2, 0.25) is 0 Å². The third-order valence-electron chi connectivity index (χ3n) is 6.37. The van der Waals surface area contributed by atoms with Crippen LogP contribution in [0.2, 0.25) is 0 Å². The third kappa shape index (κ3) is 4.31. The van der Waals surface area contributed by atoms with Crippen molar-refractivity contribution < 1.29 is 4.79 Å². The number of piperazine rings is 2. The molecule has 0 spiro atoms. The maximum Gasteiger partial charge on any atom is 0.253 e. The SMILES string of the molecule is CN1CCN(c2ccc(N3CCN(C(=O)c4ccc(-n5cccc5)cc4)CC3)nn2)CC1. The first-order valence-corrected chi connectivity index (χ1v) is 11.2. The van der Waals surface area contributed by atoms with E-state index in [1.54, 1.807) is 0 Å². The van der Waals surface area contributed by atoms with Crippen molar-refractivity contribution in [2.75, 3.05) is 69.2 Å². The van der Waals surface area contributed by atoms with E-state index >= 15 is 0 Å². The number of rotatable bonds is 4. The van der Waals surface area contributed by atoms with Crippen molar-refractivity contribution in [3.63, 3.8) is 0 Å². The van der Waals surface area contributed by atoms with Gasteiger partial charge < -0.3 is 24.2 Å². The van der Waals surface area contributed by atoms with E-state index in [4.69, 9.17) is 0 Å². The highest BCUT2D eigenvalue weighted by atomic mass is 16.2. The van der Waals surface area contributed by atoms with Crippen LogP contribution in [-0.2, 0) is 0 Å². The molecule has 0 N–H and O–H groups in total. The first kappa shape index (κ1) is 20.5. The number of amides is 1. The molecule has 0 radical (unpaired) electrons. The van der Waals surface area contributed by atoms with Crippen molar-refractivity contribution in [2.45, 2.75) is 0 Å². The van der Waals surface area contributed by atoms with Crippen LogP contribution in [0, 0.1) is 0 Å². The average Bonchev–Trinajstić information content (AvgIpc) is 3.40. The largest absolute Gasteiger partial charge is 0.353 e. The molecule has 1 amide bonds. The summed E-state index contributed by atoms with van der Waals surface area (Å²) in [6.07, 6.45) is 3.99. The highest BCUT2D eigenvalue weighted by Gasteiger charge is 2.23. The number of carbonyl (C=O) groups excluding carboxylic acids is 1. The Bertz CT molecular complexity index is 1020. The van der Waals surface area contributed by atoms with Gasteiger partial charge in [0.1, 0.15) is 0 Å². The number of benzene rings is 1. The molecule has 0 unspecified atom stereocenters. The number of hydrogen-bond donors (Lipinski definition) is 0. The van der Waals surface area contributed by atoms with Gasteiger partial charge in [-0.2, -0.15) is 0 Å². The summed E-state index contributed by atoms with van der Waals surface area (Å²) in [5.74, 6) is 1.91. The monoisotopic (exact) mass is 431 g/mol. The molecule has 2 fully saturated rings. The minimum absolute atomic E-state index is 0.0835. The first-order chi connectivity index (χ1) is 15.7. The van der Waals surface area contributed by atoms with Gasteiger partial charge in [-0.25, -0.2) is 0 Å². The van der Waals surface area contributed by atoms with Crippen LogP contribution in [0.1, 0.15) is 10.4 Å². The molecule has 5 rings (SSSR count). The lowest BCUT2D eigenvalue weighted by Gasteiger charge is -2.36. The van der Waals surface area contributed by atoms with E-state index in [9.17, 15) is 4.79 Å². The van der Waals surface area contributed by atoms with Crippen LogP contribution >= 0.6 is 0 Å². The van der Waals surface area contributed by atoms with E-state index < -0.39 is 0 Å². The number of carbonyl (C=O) groups is 1. The minimum atomic E-state index is 0.0835. The zero-order valence-corrected chi connectivity index (χ0v) is 18.5. The van der Waals surface area contributed by atoms with Crippen LogP contribution in [-0.4, -0.2) is 89.9 Å². The summed E-state index contributed by atoms with van der Waals surface area (Å²) >= 11 is 0. The molecule has 0 atom stereocenters. The van der Waals surface area contributed by atoms with E-state index in [1.807, 2.05) is 58.3 Å². The molecule has 0 aliphatic carbocycles. The molecular formula is C24H29N7O. The fourth-order valence-corrected chi connectivity index (χ4v) is 4.30. The first-order valence-electron chi connectivity index (χ1n) is 11.2. The molecule has 8 heteroatoms. The van der Waals surface area contributed by atoms with Crippen LogP contribution in [0.5, 0.6) is 0 Å². The molecule has 2 aliphatic rings. The third-order valence-corrected chi connectivity index (χ3v) is 6.37. The number of anilines is 2. The van der Waals surface area contributed by atoms with Crippen molar-refractivity contribution in [2.24, 2.45) is 0 Å². The highest BCUT2D eigenvalue weighted by molar-refractivity contribution is 5.94. The fraction of sp³-hybridized carbons (Fsp3) is 0.375. The van der Waals surface area contributed by atoms with Crippen LogP contribution in [0.15, 0.2) is 60.9 Å². The second-order valence-electron chi connectivity index (χ2n) is 8.46. The zero-order valence-electron chi connectivity index (χ0n) is 18.5.